The molecule has 3 rings (SSSR count). The number of esters is 1. The van der Waals surface area contributed by atoms with E-state index in [4.69, 9.17) is 18.9 Å². The van der Waals surface area contributed by atoms with Crippen molar-refractivity contribution in [2.75, 3.05) is 50.7 Å². The number of morpholine rings is 1. The van der Waals surface area contributed by atoms with Gasteiger partial charge in [0.15, 0.2) is 6.10 Å². The predicted molar refractivity (Wildman–Crippen MR) is 113 cm³/mol. The third-order valence-electron chi connectivity index (χ3n) is 4.75. The third kappa shape index (κ3) is 5.42. The van der Waals surface area contributed by atoms with Gasteiger partial charge in [0.1, 0.15) is 11.5 Å². The Hall–Kier alpha value is -3.26. The summed E-state index contributed by atoms with van der Waals surface area (Å²) in [7, 11) is 2.98. The molecule has 0 spiro atoms. The molecule has 1 N–H and O–H groups in total. The number of methoxy groups -OCH3 is 2. The van der Waals surface area contributed by atoms with Crippen LogP contribution in [-0.2, 0) is 14.3 Å². The molecule has 1 aliphatic rings. The molecule has 160 valence electrons. The molecule has 2 aromatic carbocycles. The number of rotatable bonds is 7. The second kappa shape index (κ2) is 9.98. The highest BCUT2D eigenvalue weighted by Gasteiger charge is 2.20. The van der Waals surface area contributed by atoms with Crippen molar-refractivity contribution in [2.24, 2.45) is 0 Å². The van der Waals surface area contributed by atoms with Crippen LogP contribution >= 0.6 is 0 Å². The SMILES string of the molecule is COc1cc(OC)cc(C(=O)O[C@@H](C)C(=O)Nc2ccc(N3CCOCC3)cc2)c1. The van der Waals surface area contributed by atoms with Crippen molar-refractivity contribution >= 4 is 23.3 Å². The Kier molecular flexibility index (Phi) is 7.13. The first-order valence-electron chi connectivity index (χ1n) is 9.68. The fourth-order valence-electron chi connectivity index (χ4n) is 3.03. The smallest absolute Gasteiger partial charge is 0.339 e. The number of carbonyl (C=O) groups is 2. The first-order chi connectivity index (χ1) is 14.5. The van der Waals surface area contributed by atoms with Crippen LogP contribution in [0, 0.1) is 0 Å². The molecule has 1 amide bonds. The highest BCUT2D eigenvalue weighted by molar-refractivity contribution is 5.97. The zero-order valence-corrected chi connectivity index (χ0v) is 17.3. The molecule has 1 saturated heterocycles. The molecule has 0 unspecified atom stereocenters. The van der Waals surface area contributed by atoms with E-state index in [-0.39, 0.29) is 5.56 Å². The summed E-state index contributed by atoms with van der Waals surface area (Å²) in [5.74, 6) is -0.146. The normalized spacial score (nSPS) is 14.6. The molecule has 8 nitrogen and oxygen atoms in total. The fourth-order valence-corrected chi connectivity index (χ4v) is 3.03. The van der Waals surface area contributed by atoms with Gasteiger partial charge in [-0.1, -0.05) is 0 Å². The van der Waals surface area contributed by atoms with Gasteiger partial charge in [0.2, 0.25) is 0 Å². The van der Waals surface area contributed by atoms with Gasteiger partial charge in [-0.15, -0.1) is 0 Å². The highest BCUT2D eigenvalue weighted by atomic mass is 16.5. The Bertz CT molecular complexity index is 855. The van der Waals surface area contributed by atoms with Crippen LogP contribution in [0.25, 0.3) is 0 Å². The second-order valence-electron chi connectivity index (χ2n) is 6.78. The predicted octanol–water partition coefficient (Wildman–Crippen LogP) is 2.72. The molecule has 30 heavy (non-hydrogen) atoms. The molecular weight excluding hydrogens is 388 g/mol. The van der Waals surface area contributed by atoms with Crippen molar-refractivity contribution in [3.05, 3.63) is 48.0 Å². The van der Waals surface area contributed by atoms with Gasteiger partial charge in [0.05, 0.1) is 33.0 Å². The van der Waals surface area contributed by atoms with Crippen LogP contribution in [0.1, 0.15) is 17.3 Å². The minimum Gasteiger partial charge on any atom is -0.497 e. The van der Waals surface area contributed by atoms with Crippen LogP contribution < -0.4 is 19.7 Å². The molecule has 1 heterocycles. The zero-order chi connectivity index (χ0) is 21.5. The Morgan fingerprint density at radius 3 is 2.17 bits per heavy atom. The number of anilines is 2. The minimum atomic E-state index is -0.978. The van der Waals surface area contributed by atoms with E-state index in [1.165, 1.54) is 33.3 Å². The Balaban J connectivity index is 1.58. The van der Waals surface area contributed by atoms with Crippen molar-refractivity contribution < 1.29 is 28.5 Å². The summed E-state index contributed by atoms with van der Waals surface area (Å²) in [6, 6.07) is 12.2. The third-order valence-corrected chi connectivity index (χ3v) is 4.75. The molecule has 0 aromatic heterocycles. The first kappa shape index (κ1) is 21.4. The summed E-state index contributed by atoms with van der Waals surface area (Å²) in [5, 5.41) is 2.77. The number of carbonyl (C=O) groups excluding carboxylic acids is 2. The van der Waals surface area contributed by atoms with Crippen molar-refractivity contribution in [1.82, 2.24) is 0 Å². The van der Waals surface area contributed by atoms with Gasteiger partial charge in [-0.3, -0.25) is 4.79 Å². The number of nitrogens with one attached hydrogen (secondary N) is 1. The van der Waals surface area contributed by atoms with Crippen molar-refractivity contribution in [1.29, 1.82) is 0 Å². The van der Waals surface area contributed by atoms with E-state index >= 15 is 0 Å². The average molecular weight is 414 g/mol. The second-order valence-corrected chi connectivity index (χ2v) is 6.78. The Labute approximate surface area is 175 Å². The van der Waals surface area contributed by atoms with Gasteiger partial charge in [0.25, 0.3) is 5.91 Å². The zero-order valence-electron chi connectivity index (χ0n) is 17.3. The van der Waals surface area contributed by atoms with Gasteiger partial charge in [-0.25, -0.2) is 4.79 Å². The quantitative estimate of drug-likeness (QED) is 0.697. The lowest BCUT2D eigenvalue weighted by molar-refractivity contribution is -0.123. The van der Waals surface area contributed by atoms with E-state index in [2.05, 4.69) is 10.2 Å². The van der Waals surface area contributed by atoms with Gasteiger partial charge in [0, 0.05) is 30.5 Å². The Morgan fingerprint density at radius 1 is 1.00 bits per heavy atom. The molecule has 0 aliphatic carbocycles. The highest BCUT2D eigenvalue weighted by Crippen LogP contribution is 2.23. The lowest BCUT2D eigenvalue weighted by Crippen LogP contribution is -2.36. The van der Waals surface area contributed by atoms with Gasteiger partial charge < -0.3 is 29.2 Å². The van der Waals surface area contributed by atoms with Crippen molar-refractivity contribution in [3.63, 3.8) is 0 Å². The summed E-state index contributed by atoms with van der Waals surface area (Å²) in [6.07, 6.45) is -0.978. The molecule has 1 aliphatic heterocycles. The molecule has 0 saturated carbocycles. The van der Waals surface area contributed by atoms with E-state index in [1.807, 2.05) is 24.3 Å². The van der Waals surface area contributed by atoms with Crippen LogP contribution in [0.3, 0.4) is 0 Å². The standard InChI is InChI=1S/C22H26N2O6/c1-15(30-22(26)16-12-19(27-2)14-20(13-16)28-3)21(25)23-17-4-6-18(7-5-17)24-8-10-29-11-9-24/h4-7,12-15H,8-11H2,1-3H3,(H,23,25)/t15-/m0/s1. The van der Waals surface area contributed by atoms with E-state index in [0.29, 0.717) is 30.4 Å². The maximum absolute atomic E-state index is 12.4. The van der Waals surface area contributed by atoms with E-state index in [1.54, 1.807) is 6.07 Å². The summed E-state index contributed by atoms with van der Waals surface area (Å²) in [6.45, 7) is 4.62. The van der Waals surface area contributed by atoms with Crippen LogP contribution in [0.5, 0.6) is 11.5 Å². The lowest BCUT2D eigenvalue weighted by atomic mass is 10.2. The maximum Gasteiger partial charge on any atom is 0.339 e. The molecule has 0 bridgehead atoms. The molecule has 2 aromatic rings. The Morgan fingerprint density at radius 2 is 1.60 bits per heavy atom. The average Bonchev–Trinajstić information content (AvgIpc) is 2.79. The van der Waals surface area contributed by atoms with E-state index in [0.717, 1.165) is 18.8 Å². The van der Waals surface area contributed by atoms with Crippen LogP contribution in [0.4, 0.5) is 11.4 Å². The van der Waals surface area contributed by atoms with Crippen LogP contribution in [0.2, 0.25) is 0 Å². The van der Waals surface area contributed by atoms with E-state index in [9.17, 15) is 9.59 Å². The molecule has 1 fully saturated rings. The molecule has 0 radical (unpaired) electrons. The molecule has 8 heteroatoms. The minimum absolute atomic E-state index is 0.237. The van der Waals surface area contributed by atoms with Crippen LogP contribution in [-0.4, -0.2) is 58.5 Å². The number of benzene rings is 2. The summed E-state index contributed by atoms with van der Waals surface area (Å²) in [4.78, 5) is 27.1. The van der Waals surface area contributed by atoms with Crippen molar-refractivity contribution in [2.45, 2.75) is 13.0 Å². The van der Waals surface area contributed by atoms with E-state index < -0.39 is 18.0 Å². The lowest BCUT2D eigenvalue weighted by Gasteiger charge is -2.28. The monoisotopic (exact) mass is 414 g/mol. The number of nitrogens with zero attached hydrogens (tertiary/aromatic N) is 1. The maximum atomic E-state index is 12.4. The topological polar surface area (TPSA) is 86.3 Å². The first-order valence-corrected chi connectivity index (χ1v) is 9.68. The number of hydrogen-bond donors (Lipinski definition) is 1. The fraction of sp³-hybridized carbons (Fsp3) is 0.364. The van der Waals surface area contributed by atoms with Gasteiger partial charge in [-0.2, -0.15) is 0 Å². The van der Waals surface area contributed by atoms with Crippen LogP contribution in [0.15, 0.2) is 42.5 Å². The molecular formula is C22H26N2O6. The number of ether oxygens (including phenoxy) is 4. The summed E-state index contributed by atoms with van der Waals surface area (Å²) >= 11 is 0. The number of hydrogen-bond acceptors (Lipinski definition) is 7. The summed E-state index contributed by atoms with van der Waals surface area (Å²) in [5.41, 5.74) is 1.94. The van der Waals surface area contributed by atoms with Gasteiger partial charge >= 0.3 is 5.97 Å². The summed E-state index contributed by atoms with van der Waals surface area (Å²) < 4.78 is 21.0. The molecule has 1 atom stereocenters. The van der Waals surface area contributed by atoms with Crippen molar-refractivity contribution in [3.8, 4) is 11.5 Å². The number of amides is 1. The largest absolute Gasteiger partial charge is 0.497 e. The van der Waals surface area contributed by atoms with Gasteiger partial charge in [-0.05, 0) is 43.3 Å².